The quantitative estimate of drug-likeness (QED) is 0.384. The van der Waals surface area contributed by atoms with Crippen molar-refractivity contribution in [1.82, 2.24) is 15.2 Å². The van der Waals surface area contributed by atoms with E-state index in [0.29, 0.717) is 10.8 Å². The standard InChI is InChI=1S/C17H20N4O6S2/c1-3-18-16-19-10(5-28-16)4-11(23)20-12-13(24)21-6-17(15(25)26,7-27-9(2)22)8-29-14(12)21/h3,5,12,14H,1,4,6-8H2,2H3,(H,18,19)(H,20,23)(H,25,26)/t12?,14-,17?/m1/s1. The van der Waals surface area contributed by atoms with Crippen molar-refractivity contribution in [2.75, 3.05) is 24.2 Å². The molecule has 12 heteroatoms. The maximum atomic E-state index is 12.5. The molecule has 2 fully saturated rings. The van der Waals surface area contributed by atoms with Crippen LogP contribution in [0.3, 0.4) is 0 Å². The fourth-order valence-electron chi connectivity index (χ4n) is 3.08. The minimum atomic E-state index is -1.35. The molecule has 10 nitrogen and oxygen atoms in total. The number of carbonyl (C=O) groups excluding carboxylic acids is 3. The minimum Gasteiger partial charge on any atom is -0.481 e. The molecule has 0 spiro atoms. The van der Waals surface area contributed by atoms with Gasteiger partial charge in [0.05, 0.1) is 12.1 Å². The van der Waals surface area contributed by atoms with Crippen molar-refractivity contribution in [3.05, 3.63) is 23.9 Å². The van der Waals surface area contributed by atoms with Crippen LogP contribution in [0.1, 0.15) is 12.6 Å². The van der Waals surface area contributed by atoms with Gasteiger partial charge in [-0.2, -0.15) is 0 Å². The molecule has 3 N–H and O–H groups in total. The Labute approximate surface area is 174 Å². The van der Waals surface area contributed by atoms with E-state index < -0.39 is 23.4 Å². The summed E-state index contributed by atoms with van der Waals surface area (Å²) in [6.07, 6.45) is 1.52. The van der Waals surface area contributed by atoms with Crippen molar-refractivity contribution in [1.29, 1.82) is 0 Å². The van der Waals surface area contributed by atoms with E-state index >= 15 is 0 Å². The molecule has 1 aromatic rings. The number of aromatic nitrogens is 1. The Morgan fingerprint density at radius 1 is 1.52 bits per heavy atom. The van der Waals surface area contributed by atoms with Gasteiger partial charge in [-0.1, -0.05) is 6.58 Å². The number of esters is 1. The van der Waals surface area contributed by atoms with Gasteiger partial charge in [-0.05, 0) is 6.20 Å². The first-order valence-corrected chi connectivity index (χ1v) is 10.6. The van der Waals surface area contributed by atoms with Crippen LogP contribution in [0.4, 0.5) is 5.13 Å². The summed E-state index contributed by atoms with van der Waals surface area (Å²) in [7, 11) is 0. The van der Waals surface area contributed by atoms with Crippen LogP contribution >= 0.6 is 23.1 Å². The van der Waals surface area contributed by atoms with E-state index in [1.165, 1.54) is 41.1 Å². The highest BCUT2D eigenvalue weighted by atomic mass is 32.2. The summed E-state index contributed by atoms with van der Waals surface area (Å²) in [5.41, 5.74) is -0.782. The number of thioether (sulfide) groups is 1. The van der Waals surface area contributed by atoms with Crippen molar-refractivity contribution < 1.29 is 29.0 Å². The number of carboxylic acids is 1. The second-order valence-corrected chi connectivity index (χ2v) is 8.71. The third-order valence-electron chi connectivity index (χ3n) is 4.59. The van der Waals surface area contributed by atoms with E-state index in [0.717, 1.165) is 0 Å². The largest absolute Gasteiger partial charge is 0.481 e. The second-order valence-electron chi connectivity index (χ2n) is 6.75. The molecule has 0 saturated carbocycles. The number of thiazole rings is 1. The third-order valence-corrected chi connectivity index (χ3v) is 7.00. The molecule has 156 valence electrons. The zero-order valence-corrected chi connectivity index (χ0v) is 17.2. The van der Waals surface area contributed by atoms with Crippen molar-refractivity contribution >= 4 is 52.0 Å². The van der Waals surface area contributed by atoms with E-state index in [9.17, 15) is 24.3 Å². The topological polar surface area (TPSA) is 138 Å². The molecule has 2 amide bonds. The van der Waals surface area contributed by atoms with Crippen LogP contribution in [0.25, 0.3) is 0 Å². The number of hydrogen-bond donors (Lipinski definition) is 3. The van der Waals surface area contributed by atoms with Crippen molar-refractivity contribution in [3.63, 3.8) is 0 Å². The van der Waals surface area contributed by atoms with Gasteiger partial charge in [0.15, 0.2) is 5.13 Å². The summed E-state index contributed by atoms with van der Waals surface area (Å²) < 4.78 is 4.91. The molecular weight excluding hydrogens is 420 g/mol. The highest BCUT2D eigenvalue weighted by Crippen LogP contribution is 2.42. The number of fused-ring (bicyclic) bond motifs is 1. The lowest BCUT2D eigenvalue weighted by Crippen LogP contribution is -2.74. The Morgan fingerprint density at radius 3 is 2.93 bits per heavy atom. The summed E-state index contributed by atoms with van der Waals surface area (Å²) in [4.78, 5) is 53.2. The van der Waals surface area contributed by atoms with Crippen LogP contribution in [-0.4, -0.2) is 69.1 Å². The number of carbonyl (C=O) groups is 4. The highest BCUT2D eigenvalue weighted by Gasteiger charge is 2.57. The number of nitrogens with one attached hydrogen (secondary N) is 2. The van der Waals surface area contributed by atoms with Gasteiger partial charge in [0.2, 0.25) is 11.8 Å². The molecular formula is C17H20N4O6S2. The SMILES string of the molecule is C=CNc1nc(CC(=O)NC2C(=O)N3CC(COC(C)=O)(C(=O)O)CS[C@H]23)cs1. The second kappa shape index (κ2) is 8.41. The molecule has 2 aliphatic heterocycles. The Hall–Kier alpha value is -2.60. The van der Waals surface area contributed by atoms with E-state index in [1.54, 1.807) is 5.38 Å². The minimum absolute atomic E-state index is 0.0298. The van der Waals surface area contributed by atoms with Gasteiger partial charge < -0.3 is 25.4 Å². The zero-order chi connectivity index (χ0) is 21.2. The number of carboxylic acid groups (broad SMARTS) is 1. The van der Waals surface area contributed by atoms with Gasteiger partial charge in [-0.25, -0.2) is 4.98 Å². The molecule has 0 radical (unpaired) electrons. The first-order valence-electron chi connectivity index (χ1n) is 8.66. The predicted octanol–water partition coefficient (Wildman–Crippen LogP) is 0.275. The molecule has 3 rings (SSSR count). The van der Waals surface area contributed by atoms with Gasteiger partial charge >= 0.3 is 11.9 Å². The molecule has 0 aliphatic carbocycles. The Bertz CT molecular complexity index is 859. The number of β-lactam (4-membered cyclic amide) rings is 1. The molecule has 0 aromatic carbocycles. The summed E-state index contributed by atoms with van der Waals surface area (Å²) in [5.74, 6) is -2.23. The highest BCUT2D eigenvalue weighted by molar-refractivity contribution is 8.00. The molecule has 1 aromatic heterocycles. The fourth-order valence-corrected chi connectivity index (χ4v) is 5.30. The smallest absolute Gasteiger partial charge is 0.315 e. The summed E-state index contributed by atoms with van der Waals surface area (Å²) in [6.45, 7) is 4.37. The first kappa shape index (κ1) is 21.1. The number of nitrogens with zero attached hydrogens (tertiary/aromatic N) is 2. The van der Waals surface area contributed by atoms with Gasteiger partial charge in [0.25, 0.3) is 0 Å². The van der Waals surface area contributed by atoms with Gasteiger partial charge in [0, 0.05) is 24.6 Å². The van der Waals surface area contributed by atoms with Gasteiger partial charge in [0.1, 0.15) is 23.4 Å². The number of ether oxygens (including phenoxy) is 1. The lowest BCUT2D eigenvalue weighted by molar-refractivity contribution is -0.164. The maximum Gasteiger partial charge on any atom is 0.315 e. The van der Waals surface area contributed by atoms with Gasteiger partial charge in [-0.3, -0.25) is 19.2 Å². The number of aliphatic carboxylic acids is 1. The Balaban J connectivity index is 1.57. The van der Waals surface area contributed by atoms with Crippen LogP contribution in [0.5, 0.6) is 0 Å². The normalized spacial score (nSPS) is 25.4. The van der Waals surface area contributed by atoms with Gasteiger partial charge in [-0.15, -0.1) is 23.1 Å². The molecule has 3 atom stereocenters. The zero-order valence-electron chi connectivity index (χ0n) is 15.5. The van der Waals surface area contributed by atoms with Crippen molar-refractivity contribution in [2.24, 2.45) is 5.41 Å². The molecule has 2 saturated heterocycles. The monoisotopic (exact) mass is 440 g/mol. The third kappa shape index (κ3) is 4.37. The maximum absolute atomic E-state index is 12.5. The lowest BCUT2D eigenvalue weighted by Gasteiger charge is -2.53. The Kier molecular flexibility index (Phi) is 6.13. The van der Waals surface area contributed by atoms with Crippen molar-refractivity contribution in [2.45, 2.75) is 24.8 Å². The predicted molar refractivity (Wildman–Crippen MR) is 106 cm³/mol. The number of amides is 2. The van der Waals surface area contributed by atoms with E-state index in [1.807, 2.05) is 0 Å². The summed E-state index contributed by atoms with van der Waals surface area (Å²) in [5, 5.41) is 17.2. The molecule has 2 aliphatic rings. The van der Waals surface area contributed by atoms with E-state index in [4.69, 9.17) is 4.74 Å². The van der Waals surface area contributed by atoms with E-state index in [-0.39, 0.29) is 42.5 Å². The average molecular weight is 441 g/mol. The number of hydrogen-bond acceptors (Lipinski definition) is 9. The van der Waals surface area contributed by atoms with Crippen LogP contribution < -0.4 is 10.6 Å². The van der Waals surface area contributed by atoms with Crippen LogP contribution in [-0.2, 0) is 30.3 Å². The molecule has 29 heavy (non-hydrogen) atoms. The summed E-state index contributed by atoms with van der Waals surface area (Å²) in [6, 6.07) is -0.711. The van der Waals surface area contributed by atoms with Crippen LogP contribution in [0.2, 0.25) is 0 Å². The lowest BCUT2D eigenvalue weighted by atomic mass is 9.88. The Morgan fingerprint density at radius 2 is 2.28 bits per heavy atom. The molecule has 0 bridgehead atoms. The van der Waals surface area contributed by atoms with Crippen molar-refractivity contribution in [3.8, 4) is 0 Å². The number of rotatable bonds is 8. The summed E-state index contributed by atoms with van der Waals surface area (Å²) >= 11 is 2.59. The van der Waals surface area contributed by atoms with Crippen LogP contribution in [0, 0.1) is 5.41 Å². The number of anilines is 1. The average Bonchev–Trinajstić information content (AvgIpc) is 3.11. The van der Waals surface area contributed by atoms with E-state index in [2.05, 4.69) is 22.2 Å². The van der Waals surface area contributed by atoms with Crippen LogP contribution in [0.15, 0.2) is 18.2 Å². The molecule has 2 unspecified atom stereocenters. The molecule has 3 heterocycles. The fraction of sp³-hybridized carbons (Fsp3) is 0.471. The first-order chi connectivity index (χ1) is 13.8.